The number of aryl methyl sites for hydroxylation is 1. The number of aromatic nitrogens is 5. The molecule has 198 valence electrons. The Morgan fingerprint density at radius 1 is 1.13 bits per heavy atom. The van der Waals surface area contributed by atoms with Crippen molar-refractivity contribution in [3.8, 4) is 17.1 Å². The van der Waals surface area contributed by atoms with Crippen LogP contribution >= 0.6 is 23.1 Å². The highest BCUT2D eigenvalue weighted by Gasteiger charge is 2.19. The highest BCUT2D eigenvalue weighted by Crippen LogP contribution is 2.30. The predicted molar refractivity (Wildman–Crippen MR) is 153 cm³/mol. The molecule has 1 aliphatic heterocycles. The second kappa shape index (κ2) is 12.6. The van der Waals surface area contributed by atoms with Crippen LogP contribution in [0.1, 0.15) is 53.7 Å². The summed E-state index contributed by atoms with van der Waals surface area (Å²) in [4.78, 5) is 23.9. The quantitative estimate of drug-likeness (QED) is 0.211. The van der Waals surface area contributed by atoms with Crippen LogP contribution in [0.2, 0.25) is 0 Å². The minimum atomic E-state index is -0.105. The first-order chi connectivity index (χ1) is 18.6. The fraction of sp³-hybridized carbons (Fsp3) is 0.393. The first kappa shape index (κ1) is 26.5. The molecule has 1 saturated heterocycles. The maximum Gasteiger partial charge on any atom is 0.270 e. The van der Waals surface area contributed by atoms with E-state index < -0.39 is 0 Å². The molecule has 1 N–H and O–H groups in total. The monoisotopic (exact) mass is 547 g/mol. The van der Waals surface area contributed by atoms with E-state index in [2.05, 4.69) is 73.1 Å². The van der Waals surface area contributed by atoms with Crippen LogP contribution in [-0.2, 0) is 5.75 Å². The van der Waals surface area contributed by atoms with E-state index in [0.29, 0.717) is 24.0 Å². The van der Waals surface area contributed by atoms with Crippen molar-refractivity contribution in [3.63, 3.8) is 0 Å². The summed E-state index contributed by atoms with van der Waals surface area (Å²) in [6.07, 6.45) is 8.35. The van der Waals surface area contributed by atoms with Crippen molar-refractivity contribution < 1.29 is 4.79 Å². The molecule has 1 amide bonds. The summed E-state index contributed by atoms with van der Waals surface area (Å²) in [6.45, 7) is 7.24. The van der Waals surface area contributed by atoms with Crippen LogP contribution in [0, 0.1) is 6.92 Å². The van der Waals surface area contributed by atoms with Crippen molar-refractivity contribution in [3.05, 3.63) is 70.4 Å². The molecule has 0 spiro atoms. The molecule has 1 aliphatic rings. The zero-order chi connectivity index (χ0) is 26.3. The highest BCUT2D eigenvalue weighted by atomic mass is 32.2. The van der Waals surface area contributed by atoms with Crippen LogP contribution in [-0.4, -0.2) is 61.2 Å². The normalized spacial score (nSPS) is 16.0. The van der Waals surface area contributed by atoms with Crippen molar-refractivity contribution in [2.45, 2.75) is 56.5 Å². The van der Waals surface area contributed by atoms with E-state index in [1.165, 1.54) is 42.7 Å². The summed E-state index contributed by atoms with van der Waals surface area (Å²) in [5.74, 6) is 1.26. The van der Waals surface area contributed by atoms with Crippen LogP contribution in [0.5, 0.6) is 0 Å². The fourth-order valence-corrected chi connectivity index (χ4v) is 6.39. The van der Waals surface area contributed by atoms with Gasteiger partial charge in [0, 0.05) is 48.2 Å². The lowest BCUT2D eigenvalue weighted by Gasteiger charge is -2.33. The lowest BCUT2D eigenvalue weighted by molar-refractivity contribution is 0.0944. The number of hydrogen-bond donors (Lipinski definition) is 1. The molecule has 1 unspecified atom stereocenters. The average molecular weight is 548 g/mol. The van der Waals surface area contributed by atoms with Gasteiger partial charge in [0.2, 0.25) is 0 Å². The van der Waals surface area contributed by atoms with Gasteiger partial charge in [-0.05, 0) is 63.9 Å². The Morgan fingerprint density at radius 2 is 1.95 bits per heavy atom. The molecule has 4 aromatic rings. The van der Waals surface area contributed by atoms with Crippen LogP contribution < -0.4 is 5.32 Å². The van der Waals surface area contributed by atoms with Gasteiger partial charge in [-0.3, -0.25) is 14.3 Å². The van der Waals surface area contributed by atoms with Gasteiger partial charge in [-0.15, -0.1) is 21.5 Å². The van der Waals surface area contributed by atoms with E-state index in [0.717, 1.165) is 40.2 Å². The number of thiazole rings is 1. The highest BCUT2D eigenvalue weighted by molar-refractivity contribution is 7.98. The van der Waals surface area contributed by atoms with Gasteiger partial charge in [-0.1, -0.05) is 35.9 Å². The van der Waals surface area contributed by atoms with Gasteiger partial charge in [-0.25, -0.2) is 4.98 Å². The van der Waals surface area contributed by atoms with Gasteiger partial charge in [0.25, 0.3) is 5.91 Å². The molecule has 1 fully saturated rings. The third-order valence-corrected chi connectivity index (χ3v) is 8.79. The second-order valence-corrected chi connectivity index (χ2v) is 11.5. The number of carbonyl (C=O) groups excluding carboxylic acids is 1. The molecular formula is C28H33N7OS2. The molecule has 38 heavy (non-hydrogen) atoms. The summed E-state index contributed by atoms with van der Waals surface area (Å²) in [7, 11) is 0. The molecule has 1 atom stereocenters. The SMILES string of the molecule is Cc1ccc(-n2c(SCc3nc(C(=O)NCCCN4CCCCC4C)cs3)nnc2-c2ccncc2)cc1. The van der Waals surface area contributed by atoms with Crippen molar-refractivity contribution in [2.75, 3.05) is 19.6 Å². The lowest BCUT2D eigenvalue weighted by Crippen LogP contribution is -2.39. The van der Waals surface area contributed by atoms with Crippen LogP contribution in [0.15, 0.2) is 59.3 Å². The summed E-state index contributed by atoms with van der Waals surface area (Å²) in [5.41, 5.74) is 3.61. The van der Waals surface area contributed by atoms with Crippen LogP contribution in [0.3, 0.4) is 0 Å². The van der Waals surface area contributed by atoms with E-state index in [1.54, 1.807) is 24.2 Å². The smallest absolute Gasteiger partial charge is 0.270 e. The summed E-state index contributed by atoms with van der Waals surface area (Å²) in [5, 5.41) is 15.5. The Morgan fingerprint density at radius 3 is 2.74 bits per heavy atom. The Kier molecular flexibility index (Phi) is 8.83. The molecule has 0 aliphatic carbocycles. The number of carbonyl (C=O) groups is 1. The van der Waals surface area contributed by atoms with Crippen LogP contribution in [0.4, 0.5) is 0 Å². The van der Waals surface area contributed by atoms with Crippen molar-refractivity contribution >= 4 is 29.0 Å². The molecular weight excluding hydrogens is 514 g/mol. The molecule has 10 heteroatoms. The molecule has 3 aromatic heterocycles. The van der Waals surface area contributed by atoms with Crippen molar-refractivity contribution in [1.82, 2.24) is 34.9 Å². The van der Waals surface area contributed by atoms with Crippen LogP contribution in [0.25, 0.3) is 17.1 Å². The maximum absolute atomic E-state index is 12.7. The van der Waals surface area contributed by atoms with Crippen molar-refractivity contribution in [1.29, 1.82) is 0 Å². The number of piperidine rings is 1. The van der Waals surface area contributed by atoms with Gasteiger partial charge < -0.3 is 10.2 Å². The van der Waals surface area contributed by atoms with Gasteiger partial charge >= 0.3 is 0 Å². The number of benzene rings is 1. The first-order valence-electron chi connectivity index (χ1n) is 13.1. The number of nitrogens with one attached hydrogen (secondary N) is 1. The Balaban J connectivity index is 1.20. The van der Waals surface area contributed by atoms with E-state index in [4.69, 9.17) is 0 Å². The average Bonchev–Trinajstić information content (AvgIpc) is 3.59. The molecule has 1 aromatic carbocycles. The number of likely N-dealkylation sites (tertiary alicyclic amines) is 1. The number of nitrogens with zero attached hydrogens (tertiary/aromatic N) is 6. The minimum absolute atomic E-state index is 0.105. The molecule has 0 bridgehead atoms. The molecule has 8 nitrogen and oxygen atoms in total. The van der Waals surface area contributed by atoms with E-state index in [-0.39, 0.29) is 5.91 Å². The lowest BCUT2D eigenvalue weighted by atomic mass is 10.0. The molecule has 4 heterocycles. The summed E-state index contributed by atoms with van der Waals surface area (Å²) >= 11 is 3.06. The van der Waals surface area contributed by atoms with Gasteiger partial charge in [0.1, 0.15) is 10.7 Å². The molecule has 0 radical (unpaired) electrons. The molecule has 0 saturated carbocycles. The second-order valence-electron chi connectivity index (χ2n) is 9.62. The fourth-order valence-electron chi connectivity index (χ4n) is 4.65. The van der Waals surface area contributed by atoms with Gasteiger partial charge in [-0.2, -0.15) is 0 Å². The first-order valence-corrected chi connectivity index (χ1v) is 15.0. The molecule has 5 rings (SSSR count). The standard InChI is InChI=1S/C28H33N7OS2/c1-20-7-9-23(10-8-20)35-26(22-11-14-29-15-12-22)32-33-28(35)38-19-25-31-24(18-37-25)27(36)30-13-5-17-34-16-4-3-6-21(34)2/h7-12,14-15,18,21H,3-6,13,16-17,19H2,1-2H3,(H,30,36). The Bertz CT molecular complexity index is 1340. The Labute approximate surface area is 231 Å². The topological polar surface area (TPSA) is 88.8 Å². The minimum Gasteiger partial charge on any atom is -0.351 e. The third-order valence-electron chi connectivity index (χ3n) is 6.82. The van der Waals surface area contributed by atoms with Gasteiger partial charge in [0.15, 0.2) is 11.0 Å². The van der Waals surface area contributed by atoms with Crippen molar-refractivity contribution in [2.24, 2.45) is 0 Å². The number of amides is 1. The number of thioether (sulfide) groups is 1. The zero-order valence-electron chi connectivity index (χ0n) is 21.8. The number of rotatable bonds is 10. The predicted octanol–water partition coefficient (Wildman–Crippen LogP) is 5.38. The van der Waals surface area contributed by atoms with E-state index in [1.807, 2.05) is 17.5 Å². The third kappa shape index (κ3) is 6.48. The number of pyridine rings is 1. The Hall–Kier alpha value is -3.08. The summed E-state index contributed by atoms with van der Waals surface area (Å²) in [6, 6.07) is 12.8. The zero-order valence-corrected chi connectivity index (χ0v) is 23.5. The van der Waals surface area contributed by atoms with E-state index >= 15 is 0 Å². The summed E-state index contributed by atoms with van der Waals surface area (Å²) < 4.78 is 2.06. The maximum atomic E-state index is 12.7. The van der Waals surface area contributed by atoms with E-state index in [9.17, 15) is 4.79 Å². The number of hydrogen-bond acceptors (Lipinski definition) is 8. The van der Waals surface area contributed by atoms with Gasteiger partial charge in [0.05, 0.1) is 5.75 Å². The largest absolute Gasteiger partial charge is 0.351 e.